The Labute approximate surface area is 137 Å². The second-order valence-electron chi connectivity index (χ2n) is 5.05. The van der Waals surface area contributed by atoms with Gasteiger partial charge < -0.3 is 10.0 Å². The summed E-state index contributed by atoms with van der Waals surface area (Å²) < 4.78 is 12.9. The second-order valence-corrected chi connectivity index (χ2v) is 5.99. The van der Waals surface area contributed by atoms with Crippen molar-refractivity contribution >= 4 is 23.2 Å². The van der Waals surface area contributed by atoms with Crippen LogP contribution in [-0.4, -0.2) is 40.0 Å². The van der Waals surface area contributed by atoms with Crippen LogP contribution in [0.1, 0.15) is 34.4 Å². The van der Waals surface area contributed by atoms with Crippen molar-refractivity contribution in [2.45, 2.75) is 19.8 Å². The van der Waals surface area contributed by atoms with E-state index >= 15 is 0 Å². The van der Waals surface area contributed by atoms with Gasteiger partial charge in [0.15, 0.2) is 0 Å². The number of aliphatic carboxylic acids is 1. The van der Waals surface area contributed by atoms with Crippen LogP contribution in [0.2, 0.25) is 0 Å². The van der Waals surface area contributed by atoms with Crippen LogP contribution in [0.15, 0.2) is 29.6 Å². The summed E-state index contributed by atoms with van der Waals surface area (Å²) in [6.07, 6.45) is 1.18. The third-order valence-corrected chi connectivity index (χ3v) is 4.00. The number of aromatic nitrogens is 1. The summed E-state index contributed by atoms with van der Waals surface area (Å²) in [5, 5.41) is 11.2. The van der Waals surface area contributed by atoms with Gasteiger partial charge in [0.05, 0.1) is 5.01 Å². The molecule has 0 spiro atoms. The normalized spacial score (nSPS) is 10.5. The smallest absolute Gasteiger partial charge is 0.323 e. The van der Waals surface area contributed by atoms with E-state index in [-0.39, 0.29) is 24.0 Å². The van der Waals surface area contributed by atoms with Gasteiger partial charge in [0, 0.05) is 18.3 Å². The van der Waals surface area contributed by atoms with E-state index < -0.39 is 5.97 Å². The lowest BCUT2D eigenvalue weighted by molar-refractivity contribution is -0.137. The molecule has 0 aliphatic rings. The van der Waals surface area contributed by atoms with E-state index in [1.54, 1.807) is 17.5 Å². The van der Waals surface area contributed by atoms with Gasteiger partial charge in [0.2, 0.25) is 0 Å². The molecule has 0 atom stereocenters. The average Bonchev–Trinajstić information content (AvgIpc) is 2.96. The summed E-state index contributed by atoms with van der Waals surface area (Å²) in [5.41, 5.74) is 1.15. The van der Waals surface area contributed by atoms with Crippen molar-refractivity contribution in [3.8, 4) is 0 Å². The van der Waals surface area contributed by atoms with Gasteiger partial charge in [-0.1, -0.05) is 19.1 Å². The molecule has 0 aliphatic heterocycles. The first-order valence-electron chi connectivity index (χ1n) is 7.19. The number of benzene rings is 1. The Morgan fingerprint density at radius 1 is 1.30 bits per heavy atom. The minimum Gasteiger partial charge on any atom is -0.480 e. The average molecular weight is 336 g/mol. The van der Waals surface area contributed by atoms with E-state index in [1.807, 2.05) is 6.92 Å². The molecule has 1 amide bonds. The highest BCUT2D eigenvalue weighted by molar-refractivity contribution is 7.09. The maximum absolute atomic E-state index is 12.9. The van der Waals surface area contributed by atoms with Crippen LogP contribution < -0.4 is 0 Å². The number of halogens is 1. The molecule has 0 aliphatic carbocycles. The van der Waals surface area contributed by atoms with Crippen molar-refractivity contribution in [3.63, 3.8) is 0 Å². The van der Waals surface area contributed by atoms with Crippen molar-refractivity contribution in [2.24, 2.45) is 0 Å². The van der Waals surface area contributed by atoms with E-state index in [4.69, 9.17) is 5.11 Å². The number of carboxylic acids is 1. The van der Waals surface area contributed by atoms with Gasteiger partial charge in [-0.05, 0) is 24.1 Å². The van der Waals surface area contributed by atoms with Gasteiger partial charge in [-0.3, -0.25) is 9.59 Å². The highest BCUT2D eigenvalue weighted by Crippen LogP contribution is 2.16. The molecule has 5 nitrogen and oxygen atoms in total. The van der Waals surface area contributed by atoms with Gasteiger partial charge in [-0.25, -0.2) is 9.37 Å². The predicted molar refractivity (Wildman–Crippen MR) is 85.2 cm³/mol. The molecular formula is C16H17FN2O3S. The van der Waals surface area contributed by atoms with Crippen LogP contribution in [0.25, 0.3) is 0 Å². The summed E-state index contributed by atoms with van der Waals surface area (Å²) >= 11 is 1.33. The van der Waals surface area contributed by atoms with Crippen LogP contribution in [0.5, 0.6) is 0 Å². The highest BCUT2D eigenvalue weighted by atomic mass is 32.1. The molecule has 2 aromatic rings. The van der Waals surface area contributed by atoms with Gasteiger partial charge in [0.25, 0.3) is 5.91 Å². The minimum atomic E-state index is -1.05. The molecule has 0 radical (unpaired) electrons. The molecule has 1 heterocycles. The van der Waals surface area contributed by atoms with Gasteiger partial charge >= 0.3 is 5.97 Å². The predicted octanol–water partition coefficient (Wildman–Crippen LogP) is 2.81. The molecule has 0 saturated heterocycles. The zero-order valence-corrected chi connectivity index (χ0v) is 13.5. The highest BCUT2D eigenvalue weighted by Gasteiger charge is 2.20. The van der Waals surface area contributed by atoms with E-state index in [9.17, 15) is 14.0 Å². The number of thiazole rings is 1. The number of carbonyl (C=O) groups is 2. The summed E-state index contributed by atoms with van der Waals surface area (Å²) in [6.45, 7) is 1.91. The summed E-state index contributed by atoms with van der Waals surface area (Å²) in [6, 6.07) is 6.10. The number of hydrogen-bond donors (Lipinski definition) is 1. The molecule has 1 aromatic carbocycles. The monoisotopic (exact) mass is 336 g/mol. The van der Waals surface area contributed by atoms with E-state index in [0.717, 1.165) is 10.6 Å². The fourth-order valence-corrected chi connectivity index (χ4v) is 2.92. The first kappa shape index (κ1) is 17.1. The van der Waals surface area contributed by atoms with Crippen molar-refractivity contribution in [1.82, 2.24) is 9.88 Å². The van der Waals surface area contributed by atoms with Gasteiger partial charge in [0.1, 0.15) is 18.1 Å². The first-order valence-corrected chi connectivity index (χ1v) is 8.07. The largest absolute Gasteiger partial charge is 0.480 e. The molecule has 0 bridgehead atoms. The number of hydrogen-bond acceptors (Lipinski definition) is 4. The molecule has 7 heteroatoms. The van der Waals surface area contributed by atoms with Gasteiger partial charge in [-0.15, -0.1) is 11.3 Å². The number of nitrogens with zero attached hydrogens (tertiary/aromatic N) is 2. The van der Waals surface area contributed by atoms with Crippen molar-refractivity contribution in [2.75, 3.05) is 13.1 Å². The first-order chi connectivity index (χ1) is 11.0. The molecule has 1 aromatic heterocycles. The van der Waals surface area contributed by atoms with E-state index in [2.05, 4.69) is 4.98 Å². The third-order valence-electron chi connectivity index (χ3n) is 3.15. The lowest BCUT2D eigenvalue weighted by atomic mass is 10.1. The number of amides is 1. The van der Waals surface area contributed by atoms with E-state index in [1.165, 1.54) is 28.4 Å². The minimum absolute atomic E-state index is 0.252. The van der Waals surface area contributed by atoms with Crippen molar-refractivity contribution in [1.29, 1.82) is 0 Å². The lowest BCUT2D eigenvalue weighted by Gasteiger charge is -2.18. The molecule has 2 rings (SSSR count). The zero-order chi connectivity index (χ0) is 16.8. The molecular weight excluding hydrogens is 319 g/mol. The number of carbonyl (C=O) groups excluding carboxylic acids is 1. The lowest BCUT2D eigenvalue weighted by Crippen LogP contribution is -2.36. The standard InChI is InChI=1S/C16H17FN2O3S/c1-2-7-19(9-15(20)21)16(22)13-10-23-14(18-13)8-11-3-5-12(17)6-4-11/h3-6,10H,2,7-9H2,1H3,(H,20,21). The molecule has 122 valence electrons. The molecule has 1 N–H and O–H groups in total. The summed E-state index contributed by atoms with van der Waals surface area (Å²) in [4.78, 5) is 28.7. The van der Waals surface area contributed by atoms with Crippen LogP contribution in [0.4, 0.5) is 4.39 Å². The Morgan fingerprint density at radius 3 is 2.61 bits per heavy atom. The summed E-state index contributed by atoms with van der Waals surface area (Å²) in [5.74, 6) is -1.72. The SMILES string of the molecule is CCCN(CC(=O)O)C(=O)c1csc(Cc2ccc(F)cc2)n1. The Hall–Kier alpha value is -2.28. The fourth-order valence-electron chi connectivity index (χ4n) is 2.11. The van der Waals surface area contributed by atoms with E-state index in [0.29, 0.717) is 19.4 Å². The summed E-state index contributed by atoms with van der Waals surface area (Å²) in [7, 11) is 0. The third kappa shape index (κ3) is 4.85. The van der Waals surface area contributed by atoms with Crippen molar-refractivity contribution in [3.05, 3.63) is 51.7 Å². The van der Waals surface area contributed by atoms with Crippen LogP contribution in [0, 0.1) is 5.82 Å². The van der Waals surface area contributed by atoms with Crippen LogP contribution in [0.3, 0.4) is 0 Å². The topological polar surface area (TPSA) is 70.5 Å². The van der Waals surface area contributed by atoms with Crippen LogP contribution >= 0.6 is 11.3 Å². The van der Waals surface area contributed by atoms with Gasteiger partial charge in [-0.2, -0.15) is 0 Å². The van der Waals surface area contributed by atoms with Crippen LogP contribution in [-0.2, 0) is 11.2 Å². The Bertz CT molecular complexity index is 685. The second kappa shape index (κ2) is 7.82. The molecule has 23 heavy (non-hydrogen) atoms. The number of rotatable bonds is 7. The maximum atomic E-state index is 12.9. The Morgan fingerprint density at radius 2 is 2.00 bits per heavy atom. The quantitative estimate of drug-likeness (QED) is 0.844. The molecule has 0 fully saturated rings. The fraction of sp³-hybridized carbons (Fsp3) is 0.312. The maximum Gasteiger partial charge on any atom is 0.323 e. The number of carboxylic acid groups (broad SMARTS) is 1. The zero-order valence-electron chi connectivity index (χ0n) is 12.7. The molecule has 0 saturated carbocycles. The molecule has 0 unspecified atom stereocenters. The Kier molecular flexibility index (Phi) is 5.81. The Balaban J connectivity index is 2.08. The van der Waals surface area contributed by atoms with Crippen molar-refractivity contribution < 1.29 is 19.1 Å².